The molecule has 0 radical (unpaired) electrons. The summed E-state index contributed by atoms with van der Waals surface area (Å²) in [6.45, 7) is 6.87. The fraction of sp³-hybridized carbons (Fsp3) is 0.273. The maximum Gasteiger partial charge on any atom is 0.253 e. The lowest BCUT2D eigenvalue weighted by Crippen LogP contribution is -2.46. The number of carbonyl (C=O) groups is 1. The van der Waals surface area contributed by atoms with Crippen LogP contribution in [0.25, 0.3) is 11.3 Å². The number of benzene rings is 2. The lowest BCUT2D eigenvalue weighted by Gasteiger charge is -2.35. The van der Waals surface area contributed by atoms with Gasteiger partial charge in [-0.2, -0.15) is 4.31 Å². The zero-order chi connectivity index (χ0) is 30.7. The number of anilines is 1. The normalized spacial score (nSPS) is 17.7. The number of halogens is 1. The Morgan fingerprint density at radius 3 is 2.43 bits per heavy atom. The molecule has 0 unspecified atom stereocenters. The standard InChI is InChI=1S/C33H34ClN5O3S2/c1-24-9-11-27(12-10-24)28-20-26(21-31(36-28)38-18-16-37(17-19-38)23-25-6-3-2-4-7-25)22-35-33(40)29-8-5-15-39(29)44(41,42)32-14-13-30(34)43-32/h2-14,20-21,29H,15-19,22-23H2,1H3,(H,35,40)/t29-/m0/s1. The first-order valence-corrected chi connectivity index (χ1v) is 17.2. The highest BCUT2D eigenvalue weighted by Crippen LogP contribution is 2.31. The number of piperazine rings is 1. The maximum absolute atomic E-state index is 13.4. The Labute approximate surface area is 267 Å². The molecular weight excluding hydrogens is 614 g/mol. The number of thiophene rings is 1. The van der Waals surface area contributed by atoms with Crippen LogP contribution in [0.1, 0.15) is 16.7 Å². The SMILES string of the molecule is Cc1ccc(-c2cc(CNC(=O)[C@@H]3C=CCN3S(=O)(=O)c3ccc(Cl)s3)cc(N3CCN(Cc4ccccc4)CC3)n2)cc1. The molecular formula is C33H34ClN5O3S2. The van der Waals surface area contributed by atoms with Crippen molar-refractivity contribution in [1.29, 1.82) is 0 Å². The van der Waals surface area contributed by atoms with Gasteiger partial charge in [0.25, 0.3) is 10.0 Å². The van der Waals surface area contributed by atoms with Crippen LogP contribution in [0, 0.1) is 6.92 Å². The highest BCUT2D eigenvalue weighted by Gasteiger charge is 2.37. The predicted octanol–water partition coefficient (Wildman–Crippen LogP) is 5.34. The van der Waals surface area contributed by atoms with Crippen molar-refractivity contribution in [3.8, 4) is 11.3 Å². The van der Waals surface area contributed by atoms with Crippen molar-refractivity contribution in [2.45, 2.75) is 30.3 Å². The first-order chi connectivity index (χ1) is 21.3. The van der Waals surface area contributed by atoms with E-state index in [1.165, 1.54) is 21.5 Å². The quantitative estimate of drug-likeness (QED) is 0.247. The summed E-state index contributed by atoms with van der Waals surface area (Å²) in [7, 11) is -3.86. The van der Waals surface area contributed by atoms with Crippen LogP contribution in [-0.4, -0.2) is 67.3 Å². The number of aromatic nitrogens is 1. The minimum absolute atomic E-state index is 0.120. The number of rotatable bonds is 9. The van der Waals surface area contributed by atoms with Gasteiger partial charge in [0.2, 0.25) is 5.91 Å². The summed E-state index contributed by atoms with van der Waals surface area (Å²) in [4.78, 5) is 23.1. The summed E-state index contributed by atoms with van der Waals surface area (Å²) in [5.74, 6) is 0.487. The zero-order valence-electron chi connectivity index (χ0n) is 24.4. The maximum atomic E-state index is 13.4. The van der Waals surface area contributed by atoms with Crippen molar-refractivity contribution in [2.24, 2.45) is 0 Å². The molecule has 0 aliphatic carbocycles. The Kier molecular flexibility index (Phi) is 9.16. The first kappa shape index (κ1) is 30.5. The summed E-state index contributed by atoms with van der Waals surface area (Å²) >= 11 is 6.98. The molecule has 1 atom stereocenters. The summed E-state index contributed by atoms with van der Waals surface area (Å²) < 4.78 is 28.2. The number of sulfonamides is 1. The minimum atomic E-state index is -3.86. The Bertz CT molecular complexity index is 1750. The van der Waals surface area contributed by atoms with Gasteiger partial charge in [-0.1, -0.05) is 83.9 Å². The highest BCUT2D eigenvalue weighted by molar-refractivity contribution is 7.91. The number of nitrogens with zero attached hydrogens (tertiary/aromatic N) is 4. The van der Waals surface area contributed by atoms with Gasteiger partial charge in [0.15, 0.2) is 0 Å². The van der Waals surface area contributed by atoms with Crippen LogP contribution >= 0.6 is 22.9 Å². The van der Waals surface area contributed by atoms with E-state index < -0.39 is 16.1 Å². The zero-order valence-corrected chi connectivity index (χ0v) is 26.8. The fourth-order valence-corrected chi connectivity index (χ4v) is 8.61. The van der Waals surface area contributed by atoms with Crippen LogP contribution in [0.5, 0.6) is 0 Å². The van der Waals surface area contributed by atoms with Crippen LogP contribution in [0.2, 0.25) is 4.34 Å². The number of hydrogen-bond donors (Lipinski definition) is 1. The smallest absolute Gasteiger partial charge is 0.253 e. The third-order valence-electron chi connectivity index (χ3n) is 7.93. The van der Waals surface area contributed by atoms with Crippen molar-refractivity contribution in [1.82, 2.24) is 19.5 Å². The van der Waals surface area contributed by atoms with Crippen LogP contribution in [0.4, 0.5) is 5.82 Å². The van der Waals surface area contributed by atoms with Gasteiger partial charge in [0, 0.05) is 51.4 Å². The molecule has 2 aliphatic heterocycles. The molecule has 6 rings (SSSR count). The van der Waals surface area contributed by atoms with Crippen LogP contribution in [0.3, 0.4) is 0 Å². The van der Waals surface area contributed by atoms with Crippen LogP contribution < -0.4 is 10.2 Å². The van der Waals surface area contributed by atoms with E-state index in [4.69, 9.17) is 16.6 Å². The highest BCUT2D eigenvalue weighted by atomic mass is 35.5. The van der Waals surface area contributed by atoms with E-state index in [0.717, 1.165) is 66.7 Å². The van der Waals surface area contributed by atoms with E-state index >= 15 is 0 Å². The molecule has 4 aromatic rings. The monoisotopic (exact) mass is 647 g/mol. The second-order valence-electron chi connectivity index (χ2n) is 11.1. The molecule has 228 valence electrons. The van der Waals surface area contributed by atoms with Crippen molar-refractivity contribution in [3.63, 3.8) is 0 Å². The largest absolute Gasteiger partial charge is 0.354 e. The van der Waals surface area contributed by atoms with E-state index in [2.05, 4.69) is 70.6 Å². The first-order valence-electron chi connectivity index (χ1n) is 14.6. The van der Waals surface area contributed by atoms with E-state index in [9.17, 15) is 13.2 Å². The van der Waals surface area contributed by atoms with Gasteiger partial charge in [-0.25, -0.2) is 13.4 Å². The number of pyridine rings is 1. The molecule has 1 saturated heterocycles. The van der Waals surface area contributed by atoms with Crippen LogP contribution in [0.15, 0.2) is 95.2 Å². The molecule has 0 saturated carbocycles. The second kappa shape index (κ2) is 13.2. The van der Waals surface area contributed by atoms with E-state index in [-0.39, 0.29) is 23.2 Å². The molecule has 8 nitrogen and oxygen atoms in total. The molecule has 0 bridgehead atoms. The Morgan fingerprint density at radius 2 is 1.73 bits per heavy atom. The predicted molar refractivity (Wildman–Crippen MR) is 176 cm³/mol. The summed E-state index contributed by atoms with van der Waals surface area (Å²) in [5, 5.41) is 2.98. The topological polar surface area (TPSA) is 85.8 Å². The van der Waals surface area contributed by atoms with Crippen molar-refractivity contribution < 1.29 is 13.2 Å². The molecule has 0 spiro atoms. The van der Waals surface area contributed by atoms with Crippen molar-refractivity contribution >= 4 is 44.7 Å². The molecule has 44 heavy (non-hydrogen) atoms. The molecule has 1 amide bonds. The van der Waals surface area contributed by atoms with Crippen molar-refractivity contribution in [2.75, 3.05) is 37.6 Å². The number of hydrogen-bond acceptors (Lipinski definition) is 7. The Morgan fingerprint density at radius 1 is 0.977 bits per heavy atom. The molecule has 1 fully saturated rings. The number of carbonyl (C=O) groups excluding carboxylic acids is 1. The van der Waals surface area contributed by atoms with Gasteiger partial charge in [0.05, 0.1) is 10.0 Å². The molecule has 4 heterocycles. The van der Waals surface area contributed by atoms with Gasteiger partial charge >= 0.3 is 0 Å². The van der Waals surface area contributed by atoms with Gasteiger partial charge < -0.3 is 10.2 Å². The lowest BCUT2D eigenvalue weighted by atomic mass is 10.1. The third-order valence-corrected chi connectivity index (χ3v) is 11.5. The fourth-order valence-electron chi connectivity index (χ4n) is 5.50. The number of amides is 1. The summed E-state index contributed by atoms with van der Waals surface area (Å²) in [6.07, 6.45) is 3.33. The number of aryl methyl sites for hydroxylation is 1. The van der Waals surface area contributed by atoms with E-state index in [0.29, 0.717) is 4.34 Å². The molecule has 1 N–H and O–H groups in total. The molecule has 2 aliphatic rings. The van der Waals surface area contributed by atoms with Crippen molar-refractivity contribution in [3.05, 3.63) is 112 Å². The summed E-state index contributed by atoms with van der Waals surface area (Å²) in [5.41, 5.74) is 5.20. The Balaban J connectivity index is 1.18. The van der Waals surface area contributed by atoms with Crippen LogP contribution in [-0.2, 0) is 27.9 Å². The van der Waals surface area contributed by atoms with E-state index in [1.807, 2.05) is 18.2 Å². The lowest BCUT2D eigenvalue weighted by molar-refractivity contribution is -0.123. The third kappa shape index (κ3) is 6.90. The minimum Gasteiger partial charge on any atom is -0.354 e. The Hall–Kier alpha value is -3.54. The average molecular weight is 648 g/mol. The molecule has 2 aromatic carbocycles. The van der Waals surface area contributed by atoms with E-state index in [1.54, 1.807) is 18.2 Å². The molecule has 2 aromatic heterocycles. The van der Waals surface area contributed by atoms with Gasteiger partial charge in [0.1, 0.15) is 16.1 Å². The van der Waals surface area contributed by atoms with Gasteiger partial charge in [-0.3, -0.25) is 9.69 Å². The number of nitrogens with one attached hydrogen (secondary N) is 1. The average Bonchev–Trinajstić information content (AvgIpc) is 3.72. The van der Waals surface area contributed by atoms with Gasteiger partial charge in [-0.05, 0) is 42.3 Å². The molecule has 11 heteroatoms. The second-order valence-corrected chi connectivity index (χ2v) is 14.9. The summed E-state index contributed by atoms with van der Waals surface area (Å²) in [6, 6.07) is 24.9. The van der Waals surface area contributed by atoms with Gasteiger partial charge in [-0.15, -0.1) is 11.3 Å².